The first-order valence-corrected chi connectivity index (χ1v) is 10.1. The lowest BCUT2D eigenvalue weighted by atomic mass is 10.1. The number of rotatable bonds is 4. The molecule has 1 N–H and O–H groups in total. The van der Waals surface area contributed by atoms with Gasteiger partial charge in [-0.2, -0.15) is 0 Å². The zero-order valence-corrected chi connectivity index (χ0v) is 18.1. The number of para-hydroxylation sites is 1. The standard InChI is InChI=1S/C23H15ClN2O5S/c1-12-4-2-3-5-18(12)26-21(28)16(20(27)25-23(26)32)11-14-7-9-19(31-14)13-6-8-15(22(29)30)17(24)10-13/h2-11H,1H3,(H,29,30)(H,25,27,32)/p-1/b16-11+. The number of anilines is 1. The van der Waals surface area contributed by atoms with Crippen LogP contribution in [0.5, 0.6) is 0 Å². The molecule has 1 aliphatic heterocycles. The molecule has 4 rings (SSSR count). The van der Waals surface area contributed by atoms with Gasteiger partial charge in [0.05, 0.1) is 16.7 Å². The molecule has 0 atom stereocenters. The Hall–Kier alpha value is -3.75. The number of aromatic carboxylic acids is 1. The van der Waals surface area contributed by atoms with Gasteiger partial charge in [0.1, 0.15) is 17.1 Å². The van der Waals surface area contributed by atoms with E-state index in [0.717, 1.165) is 5.56 Å². The average molecular weight is 466 g/mol. The molecule has 2 heterocycles. The Kier molecular flexibility index (Phi) is 5.65. The van der Waals surface area contributed by atoms with E-state index in [1.807, 2.05) is 19.1 Å². The van der Waals surface area contributed by atoms with Gasteiger partial charge in [0.15, 0.2) is 5.11 Å². The summed E-state index contributed by atoms with van der Waals surface area (Å²) >= 11 is 11.2. The lowest BCUT2D eigenvalue weighted by Crippen LogP contribution is -2.54. The first-order chi connectivity index (χ1) is 15.3. The third-order valence-corrected chi connectivity index (χ3v) is 5.44. The molecule has 1 fully saturated rings. The Morgan fingerprint density at radius 3 is 2.59 bits per heavy atom. The molecule has 9 heteroatoms. The molecule has 0 radical (unpaired) electrons. The van der Waals surface area contributed by atoms with Crippen molar-refractivity contribution in [2.45, 2.75) is 6.92 Å². The number of carboxylic acid groups (broad SMARTS) is 1. The fourth-order valence-corrected chi connectivity index (χ4v) is 3.78. The highest BCUT2D eigenvalue weighted by Gasteiger charge is 2.35. The van der Waals surface area contributed by atoms with E-state index in [1.165, 1.54) is 29.2 Å². The fraction of sp³-hybridized carbons (Fsp3) is 0.0435. The number of halogens is 1. The maximum Gasteiger partial charge on any atom is 0.270 e. The smallest absolute Gasteiger partial charge is 0.270 e. The van der Waals surface area contributed by atoms with Crippen LogP contribution in [-0.4, -0.2) is 22.9 Å². The van der Waals surface area contributed by atoms with Gasteiger partial charge in [-0.25, -0.2) is 0 Å². The van der Waals surface area contributed by atoms with Crippen LogP contribution in [0.2, 0.25) is 5.02 Å². The number of hydrogen-bond acceptors (Lipinski definition) is 6. The van der Waals surface area contributed by atoms with Crippen molar-refractivity contribution in [3.8, 4) is 11.3 Å². The van der Waals surface area contributed by atoms with Crippen molar-refractivity contribution in [2.24, 2.45) is 0 Å². The monoisotopic (exact) mass is 465 g/mol. The normalized spacial score (nSPS) is 15.2. The van der Waals surface area contributed by atoms with E-state index in [2.05, 4.69) is 5.32 Å². The number of benzene rings is 2. The maximum atomic E-state index is 13.1. The molecule has 2 amide bonds. The summed E-state index contributed by atoms with van der Waals surface area (Å²) in [6.45, 7) is 1.83. The molecule has 160 valence electrons. The highest BCUT2D eigenvalue weighted by molar-refractivity contribution is 7.80. The van der Waals surface area contributed by atoms with E-state index >= 15 is 0 Å². The highest BCUT2D eigenvalue weighted by atomic mass is 35.5. The molecular weight excluding hydrogens is 452 g/mol. The molecule has 32 heavy (non-hydrogen) atoms. The Balaban J connectivity index is 1.67. The summed E-state index contributed by atoms with van der Waals surface area (Å²) in [7, 11) is 0. The number of nitrogens with zero attached hydrogens (tertiary/aromatic N) is 1. The minimum atomic E-state index is -1.38. The quantitative estimate of drug-likeness (QED) is 0.361. The fourth-order valence-electron chi connectivity index (χ4n) is 3.25. The van der Waals surface area contributed by atoms with Crippen LogP contribution in [0.4, 0.5) is 5.69 Å². The number of carbonyl (C=O) groups is 3. The summed E-state index contributed by atoms with van der Waals surface area (Å²) < 4.78 is 5.73. The Morgan fingerprint density at radius 1 is 1.16 bits per heavy atom. The Labute approximate surface area is 192 Å². The number of aryl methyl sites for hydroxylation is 1. The van der Waals surface area contributed by atoms with Gasteiger partial charge in [-0.05, 0) is 55.0 Å². The molecule has 3 aromatic rings. The second-order valence-corrected chi connectivity index (χ2v) is 7.72. The molecule has 2 aromatic carbocycles. The summed E-state index contributed by atoms with van der Waals surface area (Å²) in [5.74, 6) is -1.98. The summed E-state index contributed by atoms with van der Waals surface area (Å²) in [6, 6.07) is 14.6. The number of carboxylic acids is 1. The lowest BCUT2D eigenvalue weighted by molar-refractivity contribution is -0.255. The molecule has 1 aliphatic rings. The van der Waals surface area contributed by atoms with Crippen LogP contribution in [0.3, 0.4) is 0 Å². The topological polar surface area (TPSA) is 103 Å². The van der Waals surface area contributed by atoms with Crippen LogP contribution in [0.25, 0.3) is 17.4 Å². The largest absolute Gasteiger partial charge is 0.545 e. The van der Waals surface area contributed by atoms with Crippen LogP contribution in [0.15, 0.2) is 64.6 Å². The SMILES string of the molecule is Cc1ccccc1N1C(=O)/C(=C/c2ccc(-c3ccc(C(=O)[O-])c(Cl)c3)o2)C(=O)NC1=S. The van der Waals surface area contributed by atoms with Gasteiger partial charge in [-0.15, -0.1) is 0 Å². The zero-order chi connectivity index (χ0) is 23.0. The van der Waals surface area contributed by atoms with Crippen molar-refractivity contribution in [1.82, 2.24) is 5.32 Å². The molecule has 0 aliphatic carbocycles. The average Bonchev–Trinajstić information content (AvgIpc) is 3.21. The Morgan fingerprint density at radius 2 is 1.91 bits per heavy atom. The van der Waals surface area contributed by atoms with E-state index in [9.17, 15) is 19.5 Å². The summed E-state index contributed by atoms with van der Waals surface area (Å²) in [4.78, 5) is 37.9. The summed E-state index contributed by atoms with van der Waals surface area (Å²) in [6.07, 6.45) is 1.32. The van der Waals surface area contributed by atoms with E-state index < -0.39 is 17.8 Å². The van der Waals surface area contributed by atoms with Gasteiger partial charge in [-0.3, -0.25) is 19.8 Å². The molecule has 7 nitrogen and oxygen atoms in total. The van der Waals surface area contributed by atoms with Crippen LogP contribution in [0, 0.1) is 6.92 Å². The number of hydrogen-bond donors (Lipinski definition) is 1. The minimum Gasteiger partial charge on any atom is -0.545 e. The number of amides is 2. The molecule has 0 unspecified atom stereocenters. The van der Waals surface area contributed by atoms with Crippen molar-refractivity contribution in [3.63, 3.8) is 0 Å². The number of thiocarbonyl (C=S) groups is 1. The predicted molar refractivity (Wildman–Crippen MR) is 121 cm³/mol. The van der Waals surface area contributed by atoms with Crippen molar-refractivity contribution in [3.05, 3.63) is 82.1 Å². The van der Waals surface area contributed by atoms with E-state index in [4.69, 9.17) is 28.2 Å². The molecule has 0 spiro atoms. The first-order valence-electron chi connectivity index (χ1n) is 9.34. The van der Waals surface area contributed by atoms with Gasteiger partial charge in [0.25, 0.3) is 11.8 Å². The van der Waals surface area contributed by atoms with Crippen LogP contribution in [0.1, 0.15) is 21.7 Å². The molecule has 1 saturated heterocycles. The maximum absolute atomic E-state index is 13.1. The van der Waals surface area contributed by atoms with Crippen molar-refractivity contribution in [2.75, 3.05) is 4.90 Å². The van der Waals surface area contributed by atoms with Crippen molar-refractivity contribution >= 4 is 58.5 Å². The lowest BCUT2D eigenvalue weighted by Gasteiger charge is -2.29. The van der Waals surface area contributed by atoms with Crippen LogP contribution >= 0.6 is 23.8 Å². The van der Waals surface area contributed by atoms with E-state index in [1.54, 1.807) is 24.3 Å². The first kappa shape index (κ1) is 21.5. The van der Waals surface area contributed by atoms with Gasteiger partial charge >= 0.3 is 0 Å². The van der Waals surface area contributed by atoms with Crippen LogP contribution < -0.4 is 15.3 Å². The van der Waals surface area contributed by atoms with Gasteiger partial charge in [0.2, 0.25) is 0 Å². The number of carbonyl (C=O) groups excluding carboxylic acids is 3. The Bertz CT molecular complexity index is 1330. The van der Waals surface area contributed by atoms with E-state index in [-0.39, 0.29) is 27.0 Å². The molecule has 1 aromatic heterocycles. The molecule has 0 bridgehead atoms. The predicted octanol–water partition coefficient (Wildman–Crippen LogP) is 3.10. The molecule has 0 saturated carbocycles. The van der Waals surface area contributed by atoms with E-state index in [0.29, 0.717) is 17.0 Å². The minimum absolute atomic E-state index is 0.00280. The molecular formula is C23H14ClN2O5S-. The zero-order valence-electron chi connectivity index (χ0n) is 16.5. The third-order valence-electron chi connectivity index (χ3n) is 4.84. The third kappa shape index (κ3) is 3.93. The van der Waals surface area contributed by atoms with Gasteiger partial charge < -0.3 is 14.3 Å². The summed E-state index contributed by atoms with van der Waals surface area (Å²) in [5.41, 5.74) is 1.62. The van der Waals surface area contributed by atoms with Crippen molar-refractivity contribution in [1.29, 1.82) is 0 Å². The second-order valence-electron chi connectivity index (χ2n) is 6.93. The number of nitrogens with one attached hydrogen (secondary N) is 1. The van der Waals surface area contributed by atoms with Gasteiger partial charge in [0, 0.05) is 11.1 Å². The second kappa shape index (κ2) is 8.41. The number of furan rings is 1. The van der Waals surface area contributed by atoms with Gasteiger partial charge in [-0.1, -0.05) is 41.9 Å². The van der Waals surface area contributed by atoms with Crippen LogP contribution in [-0.2, 0) is 9.59 Å². The van der Waals surface area contributed by atoms with Crippen molar-refractivity contribution < 1.29 is 23.9 Å². The highest BCUT2D eigenvalue weighted by Crippen LogP contribution is 2.29. The summed E-state index contributed by atoms with van der Waals surface area (Å²) in [5, 5.41) is 13.5.